The van der Waals surface area contributed by atoms with Gasteiger partial charge in [-0.1, -0.05) is 26.0 Å². The van der Waals surface area contributed by atoms with E-state index >= 15 is 0 Å². The second-order valence-electron chi connectivity index (χ2n) is 9.36. The van der Waals surface area contributed by atoms with E-state index in [2.05, 4.69) is 35.9 Å². The first kappa shape index (κ1) is 22.4. The van der Waals surface area contributed by atoms with Gasteiger partial charge in [-0.2, -0.15) is 0 Å². The largest absolute Gasteiger partial charge is 0.353 e. The van der Waals surface area contributed by atoms with Crippen molar-refractivity contribution in [1.82, 2.24) is 14.9 Å². The minimum atomic E-state index is 0.0673. The molecule has 4 rings (SSSR count). The van der Waals surface area contributed by atoms with Gasteiger partial charge in [-0.25, -0.2) is 9.97 Å². The normalized spacial score (nSPS) is 16.2. The van der Waals surface area contributed by atoms with Gasteiger partial charge in [-0.15, -0.1) is 0 Å². The Morgan fingerprint density at radius 1 is 0.938 bits per heavy atom. The summed E-state index contributed by atoms with van der Waals surface area (Å²) in [7, 11) is 0. The lowest BCUT2D eigenvalue weighted by molar-refractivity contribution is -0.131. The van der Waals surface area contributed by atoms with Crippen LogP contribution in [0.3, 0.4) is 0 Å². The van der Waals surface area contributed by atoms with Gasteiger partial charge in [-0.3, -0.25) is 9.59 Å². The van der Waals surface area contributed by atoms with Crippen LogP contribution in [-0.4, -0.2) is 52.7 Å². The van der Waals surface area contributed by atoms with Crippen LogP contribution >= 0.6 is 0 Å². The third kappa shape index (κ3) is 5.17. The van der Waals surface area contributed by atoms with E-state index in [0.29, 0.717) is 13.1 Å². The fourth-order valence-corrected chi connectivity index (χ4v) is 4.61. The van der Waals surface area contributed by atoms with Crippen molar-refractivity contribution < 1.29 is 9.59 Å². The second-order valence-corrected chi connectivity index (χ2v) is 9.36. The molecule has 0 N–H and O–H groups in total. The van der Waals surface area contributed by atoms with Crippen molar-refractivity contribution in [2.24, 2.45) is 0 Å². The molecule has 1 aromatic heterocycles. The molecule has 1 aromatic carbocycles. The van der Waals surface area contributed by atoms with Crippen LogP contribution in [0.5, 0.6) is 0 Å². The SMILES string of the molecule is Cc1cc(N2CCN(C(=O)CCC(=O)c3ccc4c(c3)CCCC4)CC2)nc(C(C)C)n1. The predicted octanol–water partition coefficient (Wildman–Crippen LogP) is 4.10. The highest BCUT2D eigenvalue weighted by Gasteiger charge is 2.23. The van der Waals surface area contributed by atoms with Crippen LogP contribution in [0.2, 0.25) is 0 Å². The number of anilines is 1. The third-order valence-corrected chi connectivity index (χ3v) is 6.57. The summed E-state index contributed by atoms with van der Waals surface area (Å²) >= 11 is 0. The van der Waals surface area contributed by atoms with Crippen LogP contribution < -0.4 is 4.90 Å². The average molecular weight is 435 g/mol. The first-order valence-corrected chi connectivity index (χ1v) is 11.9. The minimum Gasteiger partial charge on any atom is -0.353 e. The van der Waals surface area contributed by atoms with Gasteiger partial charge in [0.2, 0.25) is 5.91 Å². The van der Waals surface area contributed by atoms with Crippen molar-refractivity contribution in [3.05, 3.63) is 52.5 Å². The molecule has 0 bridgehead atoms. The number of carbonyl (C=O) groups is 2. The van der Waals surface area contributed by atoms with Crippen molar-refractivity contribution >= 4 is 17.5 Å². The highest BCUT2D eigenvalue weighted by molar-refractivity contribution is 5.98. The number of amides is 1. The summed E-state index contributed by atoms with van der Waals surface area (Å²) in [6.45, 7) is 9.01. The summed E-state index contributed by atoms with van der Waals surface area (Å²) in [5, 5.41) is 0. The maximum atomic E-state index is 12.7. The van der Waals surface area contributed by atoms with E-state index in [-0.39, 0.29) is 30.4 Å². The van der Waals surface area contributed by atoms with Gasteiger partial charge in [0.1, 0.15) is 11.6 Å². The topological polar surface area (TPSA) is 66.4 Å². The maximum Gasteiger partial charge on any atom is 0.223 e. The van der Waals surface area contributed by atoms with E-state index in [1.165, 1.54) is 24.0 Å². The molecule has 1 aliphatic heterocycles. The number of rotatable bonds is 6. The molecule has 1 aliphatic carbocycles. The zero-order chi connectivity index (χ0) is 22.7. The van der Waals surface area contributed by atoms with Crippen molar-refractivity contribution in [1.29, 1.82) is 0 Å². The molecule has 1 saturated heterocycles. The Bertz CT molecular complexity index is 993. The lowest BCUT2D eigenvalue weighted by Crippen LogP contribution is -2.49. The maximum absolute atomic E-state index is 12.7. The van der Waals surface area contributed by atoms with E-state index in [1.54, 1.807) is 0 Å². The number of hydrogen-bond acceptors (Lipinski definition) is 5. The number of aryl methyl sites for hydroxylation is 3. The summed E-state index contributed by atoms with van der Waals surface area (Å²) in [4.78, 5) is 38.8. The molecule has 1 amide bonds. The fraction of sp³-hybridized carbons (Fsp3) is 0.538. The second kappa shape index (κ2) is 9.80. The van der Waals surface area contributed by atoms with Gasteiger partial charge in [0, 0.05) is 62.3 Å². The van der Waals surface area contributed by atoms with E-state index < -0.39 is 0 Å². The van der Waals surface area contributed by atoms with Crippen LogP contribution in [0.25, 0.3) is 0 Å². The van der Waals surface area contributed by atoms with Crippen LogP contribution in [0.1, 0.15) is 78.5 Å². The van der Waals surface area contributed by atoms with Crippen molar-refractivity contribution in [3.63, 3.8) is 0 Å². The van der Waals surface area contributed by atoms with Gasteiger partial charge >= 0.3 is 0 Å². The van der Waals surface area contributed by atoms with Gasteiger partial charge in [0.05, 0.1) is 0 Å². The Morgan fingerprint density at radius 3 is 2.38 bits per heavy atom. The molecule has 0 atom stereocenters. The minimum absolute atomic E-state index is 0.0673. The number of fused-ring (bicyclic) bond motifs is 1. The monoisotopic (exact) mass is 434 g/mol. The van der Waals surface area contributed by atoms with Crippen LogP contribution in [0.15, 0.2) is 24.3 Å². The van der Waals surface area contributed by atoms with Crippen LogP contribution in [0, 0.1) is 6.92 Å². The predicted molar refractivity (Wildman–Crippen MR) is 126 cm³/mol. The third-order valence-electron chi connectivity index (χ3n) is 6.57. The zero-order valence-electron chi connectivity index (χ0n) is 19.6. The molecule has 32 heavy (non-hydrogen) atoms. The Balaban J connectivity index is 1.29. The number of nitrogens with zero attached hydrogens (tertiary/aromatic N) is 4. The van der Waals surface area contributed by atoms with E-state index in [4.69, 9.17) is 4.98 Å². The van der Waals surface area contributed by atoms with Crippen molar-refractivity contribution in [2.45, 2.75) is 65.2 Å². The molecule has 0 spiro atoms. The van der Waals surface area contributed by atoms with Crippen LogP contribution in [0.4, 0.5) is 5.82 Å². The summed E-state index contributed by atoms with van der Waals surface area (Å²) in [6, 6.07) is 8.10. The molecule has 0 unspecified atom stereocenters. The van der Waals surface area contributed by atoms with E-state index in [1.807, 2.05) is 24.0 Å². The molecular formula is C26H34N4O2. The fourth-order valence-electron chi connectivity index (χ4n) is 4.61. The summed E-state index contributed by atoms with van der Waals surface area (Å²) < 4.78 is 0. The number of benzene rings is 1. The molecule has 2 aromatic rings. The smallest absolute Gasteiger partial charge is 0.223 e. The Morgan fingerprint density at radius 2 is 1.66 bits per heavy atom. The van der Waals surface area contributed by atoms with E-state index in [9.17, 15) is 9.59 Å². The quantitative estimate of drug-likeness (QED) is 0.641. The highest BCUT2D eigenvalue weighted by atomic mass is 16.2. The zero-order valence-corrected chi connectivity index (χ0v) is 19.6. The number of aromatic nitrogens is 2. The van der Waals surface area contributed by atoms with Gasteiger partial charge < -0.3 is 9.80 Å². The number of piperazine rings is 1. The standard InChI is InChI=1S/C26H34N4O2/c1-18(2)26-27-19(3)16-24(28-26)29-12-14-30(15-13-29)25(32)11-10-23(31)22-9-8-20-6-4-5-7-21(20)17-22/h8-9,16-18H,4-7,10-15H2,1-3H3. The van der Waals surface area contributed by atoms with Crippen molar-refractivity contribution in [2.75, 3.05) is 31.1 Å². The van der Waals surface area contributed by atoms with Crippen LogP contribution in [-0.2, 0) is 17.6 Å². The lowest BCUT2D eigenvalue weighted by Gasteiger charge is -2.35. The molecule has 0 radical (unpaired) electrons. The number of hydrogen-bond donors (Lipinski definition) is 0. The molecule has 6 nitrogen and oxygen atoms in total. The number of ketones is 1. The highest BCUT2D eigenvalue weighted by Crippen LogP contribution is 2.23. The van der Waals surface area contributed by atoms with E-state index in [0.717, 1.165) is 48.8 Å². The molecule has 6 heteroatoms. The number of Topliss-reactive ketones (excluding diaryl/α,β-unsaturated/α-hetero) is 1. The van der Waals surface area contributed by atoms with Crippen molar-refractivity contribution in [3.8, 4) is 0 Å². The molecule has 170 valence electrons. The number of carbonyl (C=O) groups excluding carboxylic acids is 2. The van der Waals surface area contributed by atoms with Gasteiger partial charge in [0.15, 0.2) is 5.78 Å². The Labute approximate surface area is 191 Å². The summed E-state index contributed by atoms with van der Waals surface area (Å²) in [5.74, 6) is 2.22. The first-order valence-electron chi connectivity index (χ1n) is 11.9. The summed E-state index contributed by atoms with van der Waals surface area (Å²) in [6.07, 6.45) is 5.16. The summed E-state index contributed by atoms with van der Waals surface area (Å²) in [5.41, 5.74) is 4.41. The molecular weight excluding hydrogens is 400 g/mol. The molecule has 0 saturated carbocycles. The first-order chi connectivity index (χ1) is 15.4. The lowest BCUT2D eigenvalue weighted by atomic mass is 9.89. The average Bonchev–Trinajstić information content (AvgIpc) is 2.81. The van der Waals surface area contributed by atoms with Gasteiger partial charge in [0.25, 0.3) is 0 Å². The molecule has 2 aliphatic rings. The Kier molecular flexibility index (Phi) is 6.87. The molecule has 2 heterocycles. The molecule has 1 fully saturated rings. The Hall–Kier alpha value is -2.76. The van der Waals surface area contributed by atoms with Gasteiger partial charge in [-0.05, 0) is 49.8 Å².